The summed E-state index contributed by atoms with van der Waals surface area (Å²) >= 11 is 7.44. The molecule has 2 aromatic heterocycles. The molecule has 0 aliphatic carbocycles. The average Bonchev–Trinajstić information content (AvgIpc) is 2.85. The van der Waals surface area contributed by atoms with Crippen LogP contribution in [0.3, 0.4) is 0 Å². The third-order valence-electron chi connectivity index (χ3n) is 2.71. The number of fused-ring (bicyclic) bond motifs is 1. The van der Waals surface area contributed by atoms with Gasteiger partial charge in [0.25, 0.3) is 5.69 Å². The van der Waals surface area contributed by atoms with Gasteiger partial charge in [0.1, 0.15) is 11.0 Å². The highest BCUT2D eigenvalue weighted by Crippen LogP contribution is 2.27. The van der Waals surface area contributed by atoms with E-state index in [1.54, 1.807) is 11.3 Å². The van der Waals surface area contributed by atoms with Crippen LogP contribution in [0.4, 0.5) is 17.2 Å². The van der Waals surface area contributed by atoms with Gasteiger partial charge in [-0.25, -0.2) is 4.98 Å². The highest BCUT2D eigenvalue weighted by molar-refractivity contribution is 7.17. The van der Waals surface area contributed by atoms with Crippen LogP contribution < -0.4 is 5.32 Å². The van der Waals surface area contributed by atoms with E-state index in [0.717, 1.165) is 11.1 Å². The summed E-state index contributed by atoms with van der Waals surface area (Å²) in [5, 5.41) is 17.0. The lowest BCUT2D eigenvalue weighted by Crippen LogP contribution is -1.96. The monoisotopic (exact) mass is 305 g/mol. The van der Waals surface area contributed by atoms with Crippen molar-refractivity contribution >= 4 is 50.2 Å². The maximum Gasteiger partial charge on any atom is 0.276 e. The molecule has 2 heterocycles. The fourth-order valence-electron chi connectivity index (χ4n) is 1.85. The molecule has 0 aliphatic rings. The van der Waals surface area contributed by atoms with Gasteiger partial charge >= 0.3 is 0 Å². The van der Waals surface area contributed by atoms with E-state index in [4.69, 9.17) is 11.6 Å². The van der Waals surface area contributed by atoms with Crippen molar-refractivity contribution < 1.29 is 4.92 Å². The lowest BCUT2D eigenvalue weighted by Gasteiger charge is -2.06. The largest absolute Gasteiger partial charge is 0.340 e. The second-order valence-corrected chi connectivity index (χ2v) is 5.42. The van der Waals surface area contributed by atoms with Crippen LogP contribution in [0.2, 0.25) is 5.15 Å². The SMILES string of the molecule is O=[N+]([O-])c1cc(Cl)nc(Nc2ccc3sccc3c2)c1. The minimum Gasteiger partial charge on any atom is -0.340 e. The molecule has 5 nitrogen and oxygen atoms in total. The zero-order valence-electron chi connectivity index (χ0n) is 10.0. The van der Waals surface area contributed by atoms with Crippen molar-refractivity contribution in [2.45, 2.75) is 0 Å². The Labute approximate surface area is 123 Å². The van der Waals surface area contributed by atoms with Crippen molar-refractivity contribution in [2.24, 2.45) is 0 Å². The quantitative estimate of drug-likeness (QED) is 0.436. The van der Waals surface area contributed by atoms with Crippen LogP contribution in [0, 0.1) is 10.1 Å². The van der Waals surface area contributed by atoms with Crippen LogP contribution in [-0.4, -0.2) is 9.91 Å². The van der Waals surface area contributed by atoms with Gasteiger partial charge in [0.05, 0.1) is 17.1 Å². The van der Waals surface area contributed by atoms with Gasteiger partial charge in [-0.2, -0.15) is 0 Å². The smallest absolute Gasteiger partial charge is 0.276 e. The zero-order valence-corrected chi connectivity index (χ0v) is 11.6. The first-order valence-corrected chi connectivity index (χ1v) is 6.94. The summed E-state index contributed by atoms with van der Waals surface area (Å²) in [6.45, 7) is 0. The van der Waals surface area contributed by atoms with Crippen LogP contribution in [-0.2, 0) is 0 Å². The van der Waals surface area contributed by atoms with Gasteiger partial charge in [-0.3, -0.25) is 10.1 Å². The number of halogens is 1. The summed E-state index contributed by atoms with van der Waals surface area (Å²) in [6.07, 6.45) is 0. The molecule has 1 aromatic carbocycles. The number of pyridine rings is 1. The summed E-state index contributed by atoms with van der Waals surface area (Å²) in [6, 6.07) is 10.4. The Morgan fingerprint density at radius 2 is 2.10 bits per heavy atom. The predicted molar refractivity (Wildman–Crippen MR) is 81.0 cm³/mol. The minimum absolute atomic E-state index is 0.0818. The van der Waals surface area contributed by atoms with E-state index in [1.807, 2.05) is 29.6 Å². The van der Waals surface area contributed by atoms with Crippen molar-refractivity contribution in [3.63, 3.8) is 0 Å². The summed E-state index contributed by atoms with van der Waals surface area (Å²) in [4.78, 5) is 14.3. The number of hydrogen-bond acceptors (Lipinski definition) is 5. The molecule has 0 amide bonds. The molecule has 0 spiro atoms. The van der Waals surface area contributed by atoms with Crippen molar-refractivity contribution in [1.82, 2.24) is 4.98 Å². The molecule has 0 atom stereocenters. The van der Waals surface area contributed by atoms with E-state index in [-0.39, 0.29) is 10.8 Å². The first kappa shape index (κ1) is 12.8. The lowest BCUT2D eigenvalue weighted by molar-refractivity contribution is -0.384. The van der Waals surface area contributed by atoms with Gasteiger partial charge in [-0.1, -0.05) is 11.6 Å². The molecular weight excluding hydrogens is 298 g/mol. The molecule has 1 N–H and O–H groups in total. The first-order valence-electron chi connectivity index (χ1n) is 5.68. The third kappa shape index (κ3) is 2.56. The number of aromatic nitrogens is 1. The Kier molecular flexibility index (Phi) is 3.25. The van der Waals surface area contributed by atoms with E-state index >= 15 is 0 Å². The lowest BCUT2D eigenvalue weighted by atomic mass is 10.2. The van der Waals surface area contributed by atoms with Crippen LogP contribution in [0.1, 0.15) is 0 Å². The summed E-state index contributed by atoms with van der Waals surface area (Å²) in [5.41, 5.74) is 0.712. The van der Waals surface area contributed by atoms with Crippen molar-refractivity contribution in [3.05, 3.63) is 57.0 Å². The van der Waals surface area contributed by atoms with Crippen molar-refractivity contribution in [2.75, 3.05) is 5.32 Å². The highest BCUT2D eigenvalue weighted by Gasteiger charge is 2.10. The number of anilines is 2. The Balaban J connectivity index is 1.95. The molecule has 0 saturated heterocycles. The van der Waals surface area contributed by atoms with Crippen LogP contribution in [0.5, 0.6) is 0 Å². The normalized spacial score (nSPS) is 10.7. The molecule has 0 unspecified atom stereocenters. The Morgan fingerprint density at radius 3 is 2.90 bits per heavy atom. The molecule has 3 rings (SSSR count). The second kappa shape index (κ2) is 5.07. The van der Waals surface area contributed by atoms with E-state index in [9.17, 15) is 10.1 Å². The molecule has 0 fully saturated rings. The van der Waals surface area contributed by atoms with Gasteiger partial charge in [0.15, 0.2) is 0 Å². The Bertz CT molecular complexity index is 803. The number of rotatable bonds is 3. The molecular formula is C13H8ClN3O2S. The standard InChI is InChI=1S/C13H8ClN3O2S/c14-12-6-10(17(18)19)7-13(16-12)15-9-1-2-11-8(5-9)3-4-20-11/h1-7H,(H,15,16). The minimum atomic E-state index is -0.499. The topological polar surface area (TPSA) is 68.1 Å². The highest BCUT2D eigenvalue weighted by atomic mass is 35.5. The molecule has 100 valence electrons. The third-order valence-corrected chi connectivity index (χ3v) is 3.81. The second-order valence-electron chi connectivity index (χ2n) is 4.09. The summed E-state index contributed by atoms with van der Waals surface area (Å²) in [7, 11) is 0. The molecule has 0 saturated carbocycles. The zero-order chi connectivity index (χ0) is 14.1. The average molecular weight is 306 g/mol. The van der Waals surface area contributed by atoms with Crippen molar-refractivity contribution in [1.29, 1.82) is 0 Å². The van der Waals surface area contributed by atoms with E-state index in [1.165, 1.54) is 16.8 Å². The fraction of sp³-hybridized carbons (Fsp3) is 0. The number of hydrogen-bond donors (Lipinski definition) is 1. The maximum atomic E-state index is 10.8. The molecule has 0 bridgehead atoms. The maximum absolute atomic E-state index is 10.8. The van der Waals surface area contributed by atoms with Gasteiger partial charge in [-0.05, 0) is 35.0 Å². The fourth-order valence-corrected chi connectivity index (χ4v) is 2.82. The number of nitrogens with zero attached hydrogens (tertiary/aromatic N) is 2. The Morgan fingerprint density at radius 1 is 1.25 bits per heavy atom. The predicted octanol–water partition coefficient (Wildman–Crippen LogP) is 4.60. The van der Waals surface area contributed by atoms with E-state index in [0.29, 0.717) is 5.82 Å². The van der Waals surface area contributed by atoms with Gasteiger partial charge in [0.2, 0.25) is 0 Å². The van der Waals surface area contributed by atoms with E-state index < -0.39 is 4.92 Å². The molecule has 20 heavy (non-hydrogen) atoms. The number of thiophene rings is 1. The number of nitro groups is 1. The molecule has 0 aliphatic heterocycles. The summed E-state index contributed by atoms with van der Waals surface area (Å²) in [5.74, 6) is 0.346. The van der Waals surface area contributed by atoms with Gasteiger partial charge in [0, 0.05) is 10.4 Å². The summed E-state index contributed by atoms with van der Waals surface area (Å²) < 4.78 is 1.18. The Hall–Kier alpha value is -2.18. The van der Waals surface area contributed by atoms with E-state index in [2.05, 4.69) is 10.3 Å². The van der Waals surface area contributed by atoms with Gasteiger partial charge in [-0.15, -0.1) is 11.3 Å². The van der Waals surface area contributed by atoms with Crippen LogP contribution in [0.25, 0.3) is 10.1 Å². The first-order chi connectivity index (χ1) is 9.61. The van der Waals surface area contributed by atoms with Crippen molar-refractivity contribution in [3.8, 4) is 0 Å². The number of nitrogens with one attached hydrogen (secondary N) is 1. The van der Waals surface area contributed by atoms with Gasteiger partial charge < -0.3 is 5.32 Å². The number of benzene rings is 1. The van der Waals surface area contributed by atoms with Crippen LogP contribution in [0.15, 0.2) is 41.8 Å². The molecule has 0 radical (unpaired) electrons. The molecule has 3 aromatic rings. The van der Waals surface area contributed by atoms with Crippen LogP contribution >= 0.6 is 22.9 Å². The molecule has 7 heteroatoms.